The second-order valence-corrected chi connectivity index (χ2v) is 5.50. The van der Waals surface area contributed by atoms with Crippen LogP contribution in [0, 0.1) is 0 Å². The van der Waals surface area contributed by atoms with Crippen LogP contribution in [0.15, 0.2) is 0 Å². The zero-order valence-electron chi connectivity index (χ0n) is 11.0. The van der Waals surface area contributed by atoms with E-state index in [-0.39, 0.29) is 0 Å². The molecule has 6 nitrogen and oxygen atoms in total. The number of piperidine rings is 1. The molecule has 0 saturated carbocycles. The average Bonchev–Trinajstić information content (AvgIpc) is 2.31. The summed E-state index contributed by atoms with van der Waals surface area (Å²) >= 11 is -0.750. The van der Waals surface area contributed by atoms with E-state index in [2.05, 4.69) is 14.0 Å². The van der Waals surface area contributed by atoms with Gasteiger partial charge in [0.1, 0.15) is 0 Å². The van der Waals surface area contributed by atoms with Gasteiger partial charge in [0.05, 0.1) is 26.7 Å². The van der Waals surface area contributed by atoms with Crippen LogP contribution in [-0.4, -0.2) is 48.0 Å². The molecule has 0 radical (unpaired) electrons. The van der Waals surface area contributed by atoms with E-state index in [0.717, 1.165) is 4.94 Å². The number of likely N-dealkylation sites (tertiary alicyclic amines) is 1. The van der Waals surface area contributed by atoms with Crippen molar-refractivity contribution in [2.45, 2.75) is 32.6 Å². The molecule has 0 aromatic rings. The van der Waals surface area contributed by atoms with Gasteiger partial charge in [0.15, 0.2) is 0 Å². The highest BCUT2D eigenvalue weighted by Gasteiger charge is 2.22. The van der Waals surface area contributed by atoms with E-state index < -0.39 is 22.0 Å². The fourth-order valence-corrected chi connectivity index (χ4v) is 2.04. The van der Waals surface area contributed by atoms with Crippen molar-refractivity contribution in [2.24, 2.45) is 0 Å². The van der Waals surface area contributed by atoms with Crippen molar-refractivity contribution in [3.8, 4) is 0 Å². The van der Waals surface area contributed by atoms with E-state index in [0.29, 0.717) is 0 Å². The smallest absolute Gasteiger partial charge is 0.335 e. The first-order valence-electron chi connectivity index (χ1n) is 5.78. The molecule has 0 atom stereocenters. The highest BCUT2D eigenvalue weighted by atomic mass is 32.3. The normalized spacial score (nSPS) is 17.3. The van der Waals surface area contributed by atoms with Gasteiger partial charge < -0.3 is 13.9 Å². The SMILES string of the molecule is CCC[N+]1(C)CCCCC1.O=S(=O)(F)[N-]F.O=S=O. The molecule has 1 saturated heterocycles. The maximum Gasteiger partial charge on any atom is 0.335 e. The third-order valence-electron chi connectivity index (χ3n) is 2.74. The summed E-state index contributed by atoms with van der Waals surface area (Å²) in [5.41, 5.74) is 0. The average molecular weight is 322 g/mol. The molecule has 1 heterocycles. The molecule has 1 aliphatic rings. The molecule has 1 rings (SSSR count). The van der Waals surface area contributed by atoms with Crippen LogP contribution in [0.4, 0.5) is 8.37 Å². The fourth-order valence-electron chi connectivity index (χ4n) is 2.04. The Morgan fingerprint density at radius 3 is 1.84 bits per heavy atom. The summed E-state index contributed by atoms with van der Waals surface area (Å²) in [6.45, 7) is 6.53. The molecule has 0 aliphatic carbocycles. The van der Waals surface area contributed by atoms with Crippen molar-refractivity contribution in [3.05, 3.63) is 4.94 Å². The minimum atomic E-state index is -5.20. The maximum absolute atomic E-state index is 10.5. The molecule has 0 N–H and O–H groups in total. The minimum Gasteiger partial charge on any atom is -0.352 e. The predicted octanol–water partition coefficient (Wildman–Crippen LogP) is 1.82. The third-order valence-corrected chi connectivity index (χ3v) is 2.91. The number of halogens is 2. The molecule has 0 bridgehead atoms. The second-order valence-electron chi connectivity index (χ2n) is 4.40. The van der Waals surface area contributed by atoms with E-state index in [4.69, 9.17) is 16.8 Å². The van der Waals surface area contributed by atoms with Crippen LogP contribution in [0.1, 0.15) is 32.6 Å². The molecule has 1 fully saturated rings. The first-order chi connectivity index (χ1) is 8.74. The monoisotopic (exact) mass is 322 g/mol. The first-order valence-corrected chi connectivity index (χ1v) is 7.78. The van der Waals surface area contributed by atoms with Gasteiger partial charge in [0, 0.05) is 0 Å². The lowest BCUT2D eigenvalue weighted by molar-refractivity contribution is -0.914. The van der Waals surface area contributed by atoms with Crippen molar-refractivity contribution in [1.82, 2.24) is 0 Å². The fraction of sp³-hybridized carbons (Fsp3) is 1.00. The topological polar surface area (TPSA) is 82.4 Å². The summed E-state index contributed by atoms with van der Waals surface area (Å²) in [5, 5.41) is 0. The molecule has 0 aromatic heterocycles. The molecule has 0 unspecified atom stereocenters. The lowest BCUT2D eigenvalue weighted by Gasteiger charge is -2.37. The van der Waals surface area contributed by atoms with Crippen molar-refractivity contribution in [1.29, 1.82) is 0 Å². The van der Waals surface area contributed by atoms with Crippen molar-refractivity contribution < 1.29 is 29.7 Å². The van der Waals surface area contributed by atoms with E-state index >= 15 is 0 Å². The molecule has 116 valence electrons. The van der Waals surface area contributed by atoms with Crippen molar-refractivity contribution in [2.75, 3.05) is 26.7 Å². The van der Waals surface area contributed by atoms with Crippen molar-refractivity contribution in [3.63, 3.8) is 0 Å². The highest BCUT2D eigenvalue weighted by molar-refractivity contribution is 7.88. The predicted molar refractivity (Wildman–Crippen MR) is 68.3 cm³/mol. The largest absolute Gasteiger partial charge is 0.352 e. The summed E-state index contributed by atoms with van der Waals surface area (Å²) < 4.78 is 56.2. The first kappa shape index (κ1) is 20.9. The molecular weight excluding hydrogens is 302 g/mol. The molecule has 19 heavy (non-hydrogen) atoms. The standard InChI is InChI=1S/C9H20N.F2NO2S.O2S/c1-3-7-10(2)8-5-4-6-9-10;1-3-6(2,4)5;1-3-2/h3-9H2,1-2H3;;/q+1;-1;. The number of hydrogen-bond acceptors (Lipinski definition) is 4. The lowest BCUT2D eigenvalue weighted by atomic mass is 10.1. The molecule has 1 aliphatic heterocycles. The molecule has 10 heteroatoms. The van der Waals surface area contributed by atoms with Crippen LogP contribution in [0.3, 0.4) is 0 Å². The summed E-state index contributed by atoms with van der Waals surface area (Å²) in [4.78, 5) is 0.826. The Morgan fingerprint density at radius 2 is 1.58 bits per heavy atom. The Morgan fingerprint density at radius 1 is 1.21 bits per heavy atom. The van der Waals surface area contributed by atoms with Crippen LogP contribution in [-0.2, 0) is 22.0 Å². The summed E-state index contributed by atoms with van der Waals surface area (Å²) in [6.07, 6.45) is 5.72. The molecule has 0 aromatic carbocycles. The number of nitrogens with zero attached hydrogens (tertiary/aromatic N) is 2. The zero-order valence-corrected chi connectivity index (χ0v) is 12.7. The quantitative estimate of drug-likeness (QED) is 0.586. The van der Waals surface area contributed by atoms with Crippen LogP contribution in [0.25, 0.3) is 4.94 Å². The Hall–Kier alpha value is -0.450. The molecular formula is C9H20F2N2O4S2. The Kier molecular flexibility index (Phi) is 12.5. The second kappa shape index (κ2) is 11.4. The zero-order chi connectivity index (χ0) is 15.4. The van der Waals surface area contributed by atoms with Gasteiger partial charge in [-0.2, -0.15) is 8.42 Å². The number of quaternary nitrogens is 1. The van der Waals surface area contributed by atoms with Gasteiger partial charge in [-0.25, -0.2) is 8.42 Å². The Labute approximate surface area is 116 Å². The van der Waals surface area contributed by atoms with Crippen LogP contribution in [0.5, 0.6) is 0 Å². The van der Waals surface area contributed by atoms with Gasteiger partial charge in [-0.05, 0) is 25.7 Å². The van der Waals surface area contributed by atoms with Gasteiger partial charge in [-0.3, -0.25) is 0 Å². The van der Waals surface area contributed by atoms with Crippen LogP contribution < -0.4 is 0 Å². The third kappa shape index (κ3) is 15.5. The highest BCUT2D eigenvalue weighted by Crippen LogP contribution is 2.15. The van der Waals surface area contributed by atoms with E-state index in [9.17, 15) is 8.37 Å². The maximum atomic E-state index is 10.5. The van der Waals surface area contributed by atoms with Gasteiger partial charge in [0.2, 0.25) is 0 Å². The van der Waals surface area contributed by atoms with Gasteiger partial charge in [0.25, 0.3) is 10.4 Å². The Bertz CT molecular complexity index is 348. The van der Waals surface area contributed by atoms with E-state index in [1.54, 1.807) is 0 Å². The number of hydrogen-bond donors (Lipinski definition) is 0. The van der Waals surface area contributed by atoms with Gasteiger partial charge in [-0.1, -0.05) is 6.92 Å². The summed E-state index contributed by atoms with van der Waals surface area (Å²) in [7, 11) is -2.80. The lowest BCUT2D eigenvalue weighted by Crippen LogP contribution is -2.48. The van der Waals surface area contributed by atoms with Gasteiger partial charge in [-0.15, -0.1) is 3.89 Å². The van der Waals surface area contributed by atoms with Gasteiger partial charge >= 0.3 is 11.6 Å². The minimum absolute atomic E-state index is 0.750. The summed E-state index contributed by atoms with van der Waals surface area (Å²) in [5.74, 6) is 0. The van der Waals surface area contributed by atoms with E-state index in [1.807, 2.05) is 0 Å². The van der Waals surface area contributed by atoms with Crippen molar-refractivity contribution >= 4 is 22.0 Å². The van der Waals surface area contributed by atoms with Crippen LogP contribution in [0.2, 0.25) is 0 Å². The Balaban J connectivity index is 0. The number of rotatable bonds is 3. The molecule has 0 amide bonds. The van der Waals surface area contributed by atoms with E-state index in [1.165, 1.54) is 49.8 Å². The van der Waals surface area contributed by atoms with Crippen LogP contribution >= 0.6 is 0 Å². The molecule has 0 spiro atoms. The summed E-state index contributed by atoms with van der Waals surface area (Å²) in [6, 6.07) is 0.